The second-order valence-corrected chi connectivity index (χ2v) is 8.82. The van der Waals surface area contributed by atoms with Gasteiger partial charge in [-0.15, -0.1) is 0 Å². The van der Waals surface area contributed by atoms with Gasteiger partial charge in [0.2, 0.25) is 0 Å². The standard InChI is InChI=1S/C29H33FN2O6/c1-29(14-15-33,24-8-6-7-9-25(24)30)31-28(34)32(18-20-10-12-22(35-2)16-26(20)37-4)19-21-11-13-23(36-3)17-27(21)38-5/h6-13,15-17H,14,18-19H2,1-5H3,(H,31,34)/t29-/m0/s1. The summed E-state index contributed by atoms with van der Waals surface area (Å²) in [6.45, 7) is 1.91. The summed E-state index contributed by atoms with van der Waals surface area (Å²) in [6, 6.07) is 16.2. The van der Waals surface area contributed by atoms with Gasteiger partial charge < -0.3 is 34.0 Å². The highest BCUT2D eigenvalue weighted by Crippen LogP contribution is 2.31. The van der Waals surface area contributed by atoms with Crippen molar-refractivity contribution >= 4 is 12.3 Å². The van der Waals surface area contributed by atoms with Crippen LogP contribution in [0.1, 0.15) is 30.0 Å². The van der Waals surface area contributed by atoms with Gasteiger partial charge in [-0.05, 0) is 37.3 Å². The van der Waals surface area contributed by atoms with Crippen molar-refractivity contribution in [2.75, 3.05) is 28.4 Å². The SMILES string of the molecule is COc1ccc(CN(Cc2ccc(OC)cc2OC)C(=O)N[C@@](C)(CC=O)c2ccccc2F)c(OC)c1. The summed E-state index contributed by atoms with van der Waals surface area (Å²) in [5, 5.41) is 2.90. The molecule has 1 atom stereocenters. The van der Waals surface area contributed by atoms with E-state index < -0.39 is 17.4 Å². The fourth-order valence-electron chi connectivity index (χ4n) is 4.19. The molecule has 9 heteroatoms. The zero-order valence-corrected chi connectivity index (χ0v) is 22.2. The summed E-state index contributed by atoms with van der Waals surface area (Å²) in [5.74, 6) is 1.77. The molecule has 0 fully saturated rings. The van der Waals surface area contributed by atoms with Crippen LogP contribution in [0.15, 0.2) is 60.7 Å². The van der Waals surface area contributed by atoms with Crippen molar-refractivity contribution in [1.29, 1.82) is 0 Å². The first-order chi connectivity index (χ1) is 18.3. The quantitative estimate of drug-likeness (QED) is 0.333. The lowest BCUT2D eigenvalue weighted by molar-refractivity contribution is -0.109. The fraction of sp³-hybridized carbons (Fsp3) is 0.310. The first-order valence-corrected chi connectivity index (χ1v) is 12.0. The third kappa shape index (κ3) is 6.53. The summed E-state index contributed by atoms with van der Waals surface area (Å²) in [7, 11) is 6.19. The van der Waals surface area contributed by atoms with Crippen LogP contribution in [0.3, 0.4) is 0 Å². The molecule has 2 amide bonds. The zero-order chi connectivity index (χ0) is 27.7. The first-order valence-electron chi connectivity index (χ1n) is 12.0. The predicted octanol–water partition coefficient (Wildman–Crippen LogP) is 5.08. The lowest BCUT2D eigenvalue weighted by Gasteiger charge is -2.34. The molecule has 0 spiro atoms. The van der Waals surface area contributed by atoms with Crippen LogP contribution in [0.25, 0.3) is 0 Å². The number of carbonyl (C=O) groups is 2. The van der Waals surface area contributed by atoms with Crippen LogP contribution in [0.5, 0.6) is 23.0 Å². The van der Waals surface area contributed by atoms with Crippen LogP contribution in [-0.2, 0) is 23.4 Å². The van der Waals surface area contributed by atoms with Crippen molar-refractivity contribution in [2.24, 2.45) is 0 Å². The Morgan fingerprint density at radius 2 is 1.39 bits per heavy atom. The van der Waals surface area contributed by atoms with Gasteiger partial charge in [0.25, 0.3) is 0 Å². The van der Waals surface area contributed by atoms with E-state index in [0.29, 0.717) is 29.3 Å². The van der Waals surface area contributed by atoms with Crippen LogP contribution >= 0.6 is 0 Å². The average Bonchev–Trinajstić information content (AvgIpc) is 2.93. The minimum atomic E-state index is -1.28. The van der Waals surface area contributed by atoms with Gasteiger partial charge in [-0.3, -0.25) is 0 Å². The molecule has 0 aliphatic carbocycles. The molecule has 202 valence electrons. The van der Waals surface area contributed by atoms with Gasteiger partial charge in [-0.25, -0.2) is 9.18 Å². The van der Waals surface area contributed by atoms with Gasteiger partial charge in [0.15, 0.2) is 0 Å². The second-order valence-electron chi connectivity index (χ2n) is 8.82. The molecule has 0 saturated heterocycles. The number of urea groups is 1. The van der Waals surface area contributed by atoms with E-state index in [2.05, 4.69) is 5.32 Å². The second kappa shape index (κ2) is 12.8. The van der Waals surface area contributed by atoms with Gasteiger partial charge in [-0.2, -0.15) is 0 Å². The van der Waals surface area contributed by atoms with Crippen LogP contribution in [0, 0.1) is 5.82 Å². The smallest absolute Gasteiger partial charge is 0.318 e. The van der Waals surface area contributed by atoms with E-state index in [9.17, 15) is 14.0 Å². The van der Waals surface area contributed by atoms with Gasteiger partial charge in [0.05, 0.1) is 47.1 Å². The van der Waals surface area contributed by atoms with Gasteiger partial charge in [0, 0.05) is 35.2 Å². The lowest BCUT2D eigenvalue weighted by atomic mass is 9.88. The normalized spacial score (nSPS) is 12.2. The highest BCUT2D eigenvalue weighted by molar-refractivity contribution is 5.76. The van der Waals surface area contributed by atoms with Gasteiger partial charge >= 0.3 is 6.03 Å². The number of hydrogen-bond acceptors (Lipinski definition) is 6. The summed E-state index contributed by atoms with van der Waals surface area (Å²) < 4.78 is 36.4. The van der Waals surface area contributed by atoms with E-state index in [0.717, 1.165) is 11.1 Å². The molecule has 8 nitrogen and oxygen atoms in total. The molecule has 0 unspecified atom stereocenters. The van der Waals surface area contributed by atoms with E-state index in [4.69, 9.17) is 18.9 Å². The number of benzene rings is 3. The molecule has 1 N–H and O–H groups in total. The minimum Gasteiger partial charge on any atom is -0.497 e. The molecule has 3 aromatic carbocycles. The Labute approximate surface area is 222 Å². The Hall–Kier alpha value is -4.27. The van der Waals surface area contributed by atoms with E-state index in [1.54, 1.807) is 68.5 Å². The van der Waals surface area contributed by atoms with Crippen LogP contribution in [-0.4, -0.2) is 45.7 Å². The number of rotatable bonds is 12. The maximum absolute atomic E-state index is 14.8. The number of nitrogens with one attached hydrogen (secondary N) is 1. The van der Waals surface area contributed by atoms with Crippen molar-refractivity contribution in [3.8, 4) is 23.0 Å². The van der Waals surface area contributed by atoms with Crippen molar-refractivity contribution in [3.05, 3.63) is 83.2 Å². The van der Waals surface area contributed by atoms with Crippen molar-refractivity contribution < 1.29 is 32.9 Å². The monoisotopic (exact) mass is 524 g/mol. The van der Waals surface area contributed by atoms with E-state index >= 15 is 0 Å². The average molecular weight is 525 g/mol. The molecular formula is C29H33FN2O6. The minimum absolute atomic E-state index is 0.120. The Morgan fingerprint density at radius 1 is 0.868 bits per heavy atom. The molecule has 0 heterocycles. The Balaban J connectivity index is 2.02. The van der Waals surface area contributed by atoms with Gasteiger partial charge in [-0.1, -0.05) is 18.2 Å². The molecule has 0 saturated carbocycles. The third-order valence-electron chi connectivity index (χ3n) is 6.34. The summed E-state index contributed by atoms with van der Waals surface area (Å²) in [6.07, 6.45) is 0.543. The number of methoxy groups -OCH3 is 4. The Kier molecular flexibility index (Phi) is 9.54. The van der Waals surface area contributed by atoms with E-state index in [1.165, 1.54) is 20.3 Å². The van der Waals surface area contributed by atoms with E-state index in [-0.39, 0.29) is 25.1 Å². The molecule has 0 aliphatic heterocycles. The number of hydrogen-bond donors (Lipinski definition) is 1. The molecular weight excluding hydrogens is 491 g/mol. The summed E-state index contributed by atoms with van der Waals surface area (Å²) in [5.41, 5.74) is 0.374. The van der Waals surface area contributed by atoms with E-state index in [1.807, 2.05) is 12.1 Å². The zero-order valence-electron chi connectivity index (χ0n) is 22.2. The summed E-state index contributed by atoms with van der Waals surface area (Å²) >= 11 is 0. The largest absolute Gasteiger partial charge is 0.497 e. The van der Waals surface area contributed by atoms with Gasteiger partial charge in [0.1, 0.15) is 35.1 Å². The number of ether oxygens (including phenoxy) is 4. The topological polar surface area (TPSA) is 86.3 Å². The van der Waals surface area contributed by atoms with Crippen LogP contribution in [0.2, 0.25) is 0 Å². The molecule has 38 heavy (non-hydrogen) atoms. The maximum Gasteiger partial charge on any atom is 0.318 e. The Bertz CT molecular complexity index is 1210. The van der Waals surface area contributed by atoms with Crippen molar-refractivity contribution in [2.45, 2.75) is 32.0 Å². The summed E-state index contributed by atoms with van der Waals surface area (Å²) in [4.78, 5) is 26.9. The number of amides is 2. The van der Waals surface area contributed by atoms with Crippen molar-refractivity contribution in [1.82, 2.24) is 10.2 Å². The molecule has 3 rings (SSSR count). The molecule has 3 aromatic rings. The maximum atomic E-state index is 14.8. The fourth-order valence-corrected chi connectivity index (χ4v) is 4.19. The first kappa shape index (κ1) is 28.3. The number of aldehydes is 1. The predicted molar refractivity (Wildman–Crippen MR) is 141 cm³/mol. The molecule has 0 bridgehead atoms. The third-order valence-corrected chi connectivity index (χ3v) is 6.34. The number of carbonyl (C=O) groups excluding carboxylic acids is 2. The highest BCUT2D eigenvalue weighted by atomic mass is 19.1. The number of nitrogens with zero attached hydrogens (tertiary/aromatic N) is 1. The van der Waals surface area contributed by atoms with Crippen LogP contribution in [0.4, 0.5) is 9.18 Å². The van der Waals surface area contributed by atoms with Crippen molar-refractivity contribution in [3.63, 3.8) is 0 Å². The Morgan fingerprint density at radius 3 is 1.84 bits per heavy atom. The molecule has 0 aromatic heterocycles. The lowest BCUT2D eigenvalue weighted by Crippen LogP contribution is -2.50. The molecule has 0 aliphatic rings. The van der Waals surface area contributed by atoms with Crippen LogP contribution < -0.4 is 24.3 Å². The number of halogens is 1. The highest BCUT2D eigenvalue weighted by Gasteiger charge is 2.33. The molecule has 0 radical (unpaired) electrons.